The summed E-state index contributed by atoms with van der Waals surface area (Å²) in [5.74, 6) is 0. The quantitative estimate of drug-likeness (QED) is 0.417. The fourth-order valence-corrected chi connectivity index (χ4v) is 0. The van der Waals surface area contributed by atoms with E-state index in [4.69, 9.17) is 0 Å². The Morgan fingerprint density at radius 1 is 1.67 bits per heavy atom. The summed E-state index contributed by atoms with van der Waals surface area (Å²) in [4.78, 5) is 0. The standard InChI is InChI=1S/C4H9O.Al/c1-3-4(2)5;/h4H,3H2,1-2H3;/q-1;+1. The molecule has 1 atom stereocenters. The van der Waals surface area contributed by atoms with Gasteiger partial charge in [0.1, 0.15) is 0 Å². The van der Waals surface area contributed by atoms with Crippen LogP contribution >= 0.6 is 0 Å². The van der Waals surface area contributed by atoms with Gasteiger partial charge in [0.2, 0.25) is 0 Å². The molecule has 1 nitrogen and oxygen atoms in total. The zero-order valence-electron chi connectivity index (χ0n) is 4.27. The van der Waals surface area contributed by atoms with E-state index in [1.54, 1.807) is 6.92 Å². The van der Waals surface area contributed by atoms with Gasteiger partial charge in [-0.15, -0.1) is 6.10 Å². The Morgan fingerprint density at radius 3 is 1.83 bits per heavy atom. The average molecular weight is 100 g/mol. The smallest absolute Gasteiger partial charge is 0.852 e. The molecule has 0 saturated heterocycles. The van der Waals surface area contributed by atoms with Crippen molar-refractivity contribution in [2.45, 2.75) is 26.4 Å². The van der Waals surface area contributed by atoms with Crippen LogP contribution < -0.4 is 5.11 Å². The van der Waals surface area contributed by atoms with Crippen molar-refractivity contribution in [3.8, 4) is 0 Å². The Morgan fingerprint density at radius 2 is 1.83 bits per heavy atom. The van der Waals surface area contributed by atoms with Gasteiger partial charge in [-0.1, -0.05) is 20.3 Å². The first-order chi connectivity index (χ1) is 2.27. The van der Waals surface area contributed by atoms with Crippen LogP contribution in [0.3, 0.4) is 0 Å². The van der Waals surface area contributed by atoms with Crippen molar-refractivity contribution < 1.29 is 5.11 Å². The minimum Gasteiger partial charge on any atom is -0.852 e. The minimum absolute atomic E-state index is 0. The molecule has 0 rings (SSSR count). The van der Waals surface area contributed by atoms with Crippen molar-refractivity contribution in [3.63, 3.8) is 0 Å². The summed E-state index contributed by atoms with van der Waals surface area (Å²) in [6.07, 6.45) is 0.384. The molecule has 0 bridgehead atoms. The number of hydrogen-bond donors (Lipinski definition) is 0. The molecule has 0 aromatic heterocycles. The Balaban J connectivity index is 0. The molecule has 0 aliphatic carbocycles. The maximum atomic E-state index is 9.90. The van der Waals surface area contributed by atoms with E-state index >= 15 is 0 Å². The molecule has 0 N–H and O–H groups in total. The first-order valence-corrected chi connectivity index (χ1v) is 1.93. The third kappa shape index (κ3) is 8.82. The van der Waals surface area contributed by atoms with Crippen molar-refractivity contribution in [2.75, 3.05) is 0 Å². The fourth-order valence-electron chi connectivity index (χ4n) is 0. The van der Waals surface area contributed by atoms with Gasteiger partial charge in [-0.2, -0.15) is 0 Å². The van der Waals surface area contributed by atoms with Crippen molar-refractivity contribution in [1.82, 2.24) is 0 Å². The van der Waals surface area contributed by atoms with Crippen LogP contribution in [0.4, 0.5) is 0 Å². The van der Waals surface area contributed by atoms with Crippen molar-refractivity contribution in [3.05, 3.63) is 0 Å². The van der Waals surface area contributed by atoms with E-state index in [0.717, 1.165) is 6.42 Å². The van der Waals surface area contributed by atoms with Gasteiger partial charge in [0.15, 0.2) is 0 Å². The zero-order chi connectivity index (χ0) is 4.28. The van der Waals surface area contributed by atoms with Gasteiger partial charge in [-0.3, -0.25) is 0 Å². The van der Waals surface area contributed by atoms with Gasteiger partial charge in [0, 0.05) is 0 Å². The minimum atomic E-state index is -0.366. The van der Waals surface area contributed by atoms with Crippen molar-refractivity contribution >= 4 is 17.4 Å². The van der Waals surface area contributed by atoms with Crippen molar-refractivity contribution in [2.24, 2.45) is 0 Å². The maximum absolute atomic E-state index is 9.90. The SMILES string of the molecule is CCC(C)[O-].[Al+]. The molecule has 0 aliphatic rings. The van der Waals surface area contributed by atoms with E-state index in [1.165, 1.54) is 0 Å². The summed E-state index contributed by atoms with van der Waals surface area (Å²) in [6.45, 7) is 3.55. The van der Waals surface area contributed by atoms with Gasteiger partial charge in [0.25, 0.3) is 0 Å². The summed E-state index contributed by atoms with van der Waals surface area (Å²) in [6, 6.07) is 0. The molecule has 0 spiro atoms. The van der Waals surface area contributed by atoms with Crippen LogP contribution in [0.15, 0.2) is 0 Å². The molecule has 34 valence electrons. The predicted octanol–water partition coefficient (Wildman–Crippen LogP) is -0.236. The van der Waals surface area contributed by atoms with Crippen LogP contribution in [-0.2, 0) is 0 Å². The largest absolute Gasteiger partial charge is 1.00 e. The Hall–Kier alpha value is 0.492. The molecule has 2 radical (unpaired) electrons. The van der Waals surface area contributed by atoms with Gasteiger partial charge in [0.05, 0.1) is 0 Å². The second-order valence-electron chi connectivity index (χ2n) is 1.22. The Kier molecular flexibility index (Phi) is 8.88. The first-order valence-electron chi connectivity index (χ1n) is 1.93. The summed E-state index contributed by atoms with van der Waals surface area (Å²) in [7, 11) is 0. The molecule has 1 unspecified atom stereocenters. The molecule has 0 aromatic carbocycles. The average Bonchev–Trinajstić information content (AvgIpc) is 1.38. The molecular formula is C4H9AlO. The summed E-state index contributed by atoms with van der Waals surface area (Å²) < 4.78 is 0. The summed E-state index contributed by atoms with van der Waals surface area (Å²) in [5.41, 5.74) is 0. The molecule has 2 heteroatoms. The molecule has 0 fully saturated rings. The number of hydrogen-bond acceptors (Lipinski definition) is 1. The summed E-state index contributed by atoms with van der Waals surface area (Å²) >= 11 is 0. The zero-order valence-corrected chi connectivity index (χ0v) is 5.42. The van der Waals surface area contributed by atoms with Crippen LogP contribution in [-0.4, -0.2) is 23.5 Å². The van der Waals surface area contributed by atoms with Gasteiger partial charge in [-0.25, -0.2) is 0 Å². The molecular weight excluding hydrogens is 91.0 g/mol. The first kappa shape index (κ1) is 9.70. The van der Waals surface area contributed by atoms with E-state index in [1.807, 2.05) is 6.92 Å². The molecule has 0 aliphatic heterocycles. The van der Waals surface area contributed by atoms with Crippen LogP contribution in [0.5, 0.6) is 0 Å². The van der Waals surface area contributed by atoms with Crippen LogP contribution in [0.25, 0.3) is 0 Å². The normalized spacial score (nSPS) is 12.5. The molecule has 0 heterocycles. The topological polar surface area (TPSA) is 23.1 Å². The van der Waals surface area contributed by atoms with Gasteiger partial charge in [-0.05, 0) is 0 Å². The van der Waals surface area contributed by atoms with E-state index in [2.05, 4.69) is 0 Å². The van der Waals surface area contributed by atoms with E-state index < -0.39 is 0 Å². The molecule has 6 heavy (non-hydrogen) atoms. The van der Waals surface area contributed by atoms with Crippen molar-refractivity contribution in [1.29, 1.82) is 0 Å². The fraction of sp³-hybridized carbons (Fsp3) is 1.00. The monoisotopic (exact) mass is 100 g/mol. The summed E-state index contributed by atoms with van der Waals surface area (Å²) in [5, 5.41) is 9.90. The molecule has 0 amide bonds. The van der Waals surface area contributed by atoms with E-state index in [9.17, 15) is 5.11 Å². The van der Waals surface area contributed by atoms with Gasteiger partial charge < -0.3 is 5.11 Å². The van der Waals surface area contributed by atoms with E-state index in [0.29, 0.717) is 0 Å². The predicted molar refractivity (Wildman–Crippen MR) is 25.5 cm³/mol. The Labute approximate surface area is 49.5 Å². The van der Waals surface area contributed by atoms with Crippen LogP contribution in [0.1, 0.15) is 20.3 Å². The Bertz CT molecular complexity index is 21.5. The second-order valence-corrected chi connectivity index (χ2v) is 1.22. The molecule has 0 aromatic rings. The van der Waals surface area contributed by atoms with Crippen LogP contribution in [0.2, 0.25) is 0 Å². The second kappa shape index (κ2) is 5.49. The third-order valence-corrected chi connectivity index (χ3v) is 0.575. The van der Waals surface area contributed by atoms with Crippen LogP contribution in [0, 0.1) is 0 Å². The maximum Gasteiger partial charge on any atom is 1.00 e. The number of rotatable bonds is 1. The van der Waals surface area contributed by atoms with Gasteiger partial charge >= 0.3 is 17.4 Å². The third-order valence-electron chi connectivity index (χ3n) is 0.575. The molecule has 0 saturated carbocycles. The van der Waals surface area contributed by atoms with E-state index in [-0.39, 0.29) is 23.5 Å².